The van der Waals surface area contributed by atoms with Gasteiger partial charge in [-0.05, 0) is 52.7 Å². The Hall–Kier alpha value is -2.60. The van der Waals surface area contributed by atoms with Crippen molar-refractivity contribution < 1.29 is 4.74 Å². The molecule has 1 atom stereocenters. The lowest BCUT2D eigenvalue weighted by atomic mass is 10.1. The molecule has 0 radical (unpaired) electrons. The number of nitriles is 1. The Morgan fingerprint density at radius 3 is 2.71 bits per heavy atom. The molecule has 0 spiro atoms. The van der Waals surface area contributed by atoms with E-state index in [2.05, 4.69) is 57.3 Å². The van der Waals surface area contributed by atoms with E-state index < -0.39 is 5.60 Å². The first-order chi connectivity index (χ1) is 16.2. The highest BCUT2D eigenvalue weighted by molar-refractivity contribution is 6.10. The smallest absolute Gasteiger partial charge is 0.136 e. The molecule has 0 bridgehead atoms. The number of allylic oxidation sites excluding steroid dienone is 4. The summed E-state index contributed by atoms with van der Waals surface area (Å²) < 4.78 is 6.17. The molecule has 0 aliphatic carbocycles. The van der Waals surface area contributed by atoms with Crippen LogP contribution in [0.2, 0.25) is 0 Å². The molecule has 1 N–H and O–H groups in total. The Balaban J connectivity index is 2.85. The van der Waals surface area contributed by atoms with Gasteiger partial charge in [-0.15, -0.1) is 0 Å². The van der Waals surface area contributed by atoms with Crippen molar-refractivity contribution in [2.24, 2.45) is 15.0 Å². The summed E-state index contributed by atoms with van der Waals surface area (Å²) in [4.78, 5) is 13.4. The number of amidine groups is 1. The Kier molecular flexibility index (Phi) is 13.3. The van der Waals surface area contributed by atoms with Crippen LogP contribution in [-0.4, -0.2) is 66.4 Å². The lowest BCUT2D eigenvalue weighted by Crippen LogP contribution is -2.43. The minimum Gasteiger partial charge on any atom is -0.355 e. The van der Waals surface area contributed by atoms with Crippen LogP contribution in [-0.2, 0) is 4.74 Å². The van der Waals surface area contributed by atoms with E-state index in [1.807, 2.05) is 58.9 Å². The molecular weight excluding hydrogens is 426 g/mol. The normalized spacial score (nSPS) is 19.1. The van der Waals surface area contributed by atoms with E-state index in [1.54, 1.807) is 6.34 Å². The van der Waals surface area contributed by atoms with E-state index in [-0.39, 0.29) is 6.04 Å². The highest BCUT2D eigenvalue weighted by atomic mass is 16.5. The molecular formula is C26H43N7O. The Labute approximate surface area is 206 Å². The zero-order valence-corrected chi connectivity index (χ0v) is 22.3. The van der Waals surface area contributed by atoms with Crippen LogP contribution >= 0.6 is 0 Å². The summed E-state index contributed by atoms with van der Waals surface area (Å²) in [5, 5.41) is 17.1. The van der Waals surface area contributed by atoms with Crippen LogP contribution in [0.1, 0.15) is 67.7 Å². The van der Waals surface area contributed by atoms with Gasteiger partial charge in [0.25, 0.3) is 0 Å². The van der Waals surface area contributed by atoms with Gasteiger partial charge in [0.1, 0.15) is 30.7 Å². The van der Waals surface area contributed by atoms with Gasteiger partial charge in [0.05, 0.1) is 17.4 Å². The van der Waals surface area contributed by atoms with Gasteiger partial charge < -0.3 is 10.1 Å². The Bertz CT molecular complexity index is 859. The molecule has 0 fully saturated rings. The van der Waals surface area contributed by atoms with Gasteiger partial charge in [0.2, 0.25) is 0 Å². The molecule has 1 heterocycles. The van der Waals surface area contributed by atoms with Crippen LogP contribution in [0.25, 0.3) is 0 Å². The lowest BCUT2D eigenvalue weighted by Gasteiger charge is -2.33. The third-order valence-electron chi connectivity index (χ3n) is 5.33. The molecule has 0 aromatic heterocycles. The maximum absolute atomic E-state index is 9.34. The summed E-state index contributed by atoms with van der Waals surface area (Å²) >= 11 is 0. The number of nitrogens with one attached hydrogen (secondary N) is 1. The fourth-order valence-corrected chi connectivity index (χ4v) is 3.21. The lowest BCUT2D eigenvalue weighted by molar-refractivity contribution is -0.121. The van der Waals surface area contributed by atoms with Crippen LogP contribution in [0.5, 0.6) is 0 Å². The van der Waals surface area contributed by atoms with Crippen molar-refractivity contribution in [2.75, 3.05) is 26.9 Å². The Morgan fingerprint density at radius 1 is 1.38 bits per heavy atom. The van der Waals surface area contributed by atoms with E-state index in [0.29, 0.717) is 18.8 Å². The first-order valence-corrected chi connectivity index (χ1v) is 12.2. The molecule has 188 valence electrons. The van der Waals surface area contributed by atoms with Crippen LogP contribution < -0.4 is 5.32 Å². The molecule has 0 aromatic carbocycles. The maximum Gasteiger partial charge on any atom is 0.136 e. The first kappa shape index (κ1) is 29.4. The molecule has 1 aliphatic heterocycles. The largest absolute Gasteiger partial charge is 0.355 e. The zero-order chi connectivity index (χ0) is 25.6. The van der Waals surface area contributed by atoms with Crippen LogP contribution in [0.3, 0.4) is 0 Å². The van der Waals surface area contributed by atoms with Crippen molar-refractivity contribution in [1.29, 1.82) is 5.26 Å². The van der Waals surface area contributed by atoms with Crippen LogP contribution in [0.4, 0.5) is 0 Å². The summed E-state index contributed by atoms with van der Waals surface area (Å²) in [5.41, 5.74) is 1.67. The predicted molar refractivity (Wildman–Crippen MR) is 143 cm³/mol. The average Bonchev–Trinajstić information content (AvgIpc) is 2.98. The van der Waals surface area contributed by atoms with Gasteiger partial charge in [-0.1, -0.05) is 32.9 Å². The van der Waals surface area contributed by atoms with E-state index in [9.17, 15) is 5.26 Å². The Morgan fingerprint density at radius 2 is 2.12 bits per heavy atom. The average molecular weight is 470 g/mol. The molecule has 0 saturated carbocycles. The van der Waals surface area contributed by atoms with Gasteiger partial charge in [-0.3, -0.25) is 4.99 Å². The SMILES string of the molecule is C/C=C(\C=C/C(C)(C)OCN(C)N(CC)CCC)NC1=NC=NC(C)/C(=N\C(C#N)=C/CC)C1. The minimum absolute atomic E-state index is 0.138. The second-order valence-electron chi connectivity index (χ2n) is 8.69. The van der Waals surface area contributed by atoms with Gasteiger partial charge >= 0.3 is 0 Å². The van der Waals surface area contributed by atoms with Crippen molar-refractivity contribution in [1.82, 2.24) is 15.3 Å². The number of hydrogen-bond acceptors (Lipinski definition) is 8. The zero-order valence-electron chi connectivity index (χ0n) is 22.3. The monoisotopic (exact) mass is 469 g/mol. The van der Waals surface area contributed by atoms with Crippen molar-refractivity contribution in [2.45, 2.75) is 79.4 Å². The fraction of sp³-hybridized carbons (Fsp3) is 0.615. The van der Waals surface area contributed by atoms with E-state index >= 15 is 0 Å². The van der Waals surface area contributed by atoms with Gasteiger partial charge in [-0.2, -0.15) is 5.26 Å². The molecule has 8 nitrogen and oxygen atoms in total. The quantitative estimate of drug-likeness (QED) is 0.191. The fourth-order valence-electron chi connectivity index (χ4n) is 3.21. The van der Waals surface area contributed by atoms with E-state index in [1.165, 1.54) is 0 Å². The maximum atomic E-state index is 9.34. The second-order valence-corrected chi connectivity index (χ2v) is 8.69. The van der Waals surface area contributed by atoms with Gasteiger partial charge in [0, 0.05) is 32.3 Å². The number of rotatable bonds is 12. The minimum atomic E-state index is -0.448. The molecule has 8 heteroatoms. The number of hydrazine groups is 1. The van der Waals surface area contributed by atoms with Crippen molar-refractivity contribution in [3.05, 3.63) is 35.7 Å². The predicted octanol–water partition coefficient (Wildman–Crippen LogP) is 4.84. The summed E-state index contributed by atoms with van der Waals surface area (Å²) in [6.45, 7) is 16.8. The number of hydrogen-bond donors (Lipinski definition) is 1. The molecule has 0 amide bonds. The molecule has 34 heavy (non-hydrogen) atoms. The third-order valence-corrected chi connectivity index (χ3v) is 5.33. The first-order valence-electron chi connectivity index (χ1n) is 12.2. The summed E-state index contributed by atoms with van der Waals surface area (Å²) in [5.74, 6) is 0.731. The molecule has 0 aromatic rings. The summed E-state index contributed by atoms with van der Waals surface area (Å²) in [7, 11) is 2.05. The molecule has 0 saturated heterocycles. The number of nitrogens with zero attached hydrogens (tertiary/aromatic N) is 6. The van der Waals surface area contributed by atoms with Crippen LogP contribution in [0, 0.1) is 11.3 Å². The van der Waals surface area contributed by atoms with Crippen molar-refractivity contribution >= 4 is 17.9 Å². The molecule has 1 rings (SSSR count). The second kappa shape index (κ2) is 15.3. The highest BCUT2D eigenvalue weighted by Gasteiger charge is 2.19. The topological polar surface area (TPSA) is 88.6 Å². The van der Waals surface area contributed by atoms with E-state index in [0.717, 1.165) is 43.2 Å². The molecule has 1 aliphatic rings. The number of ether oxygens (including phenoxy) is 1. The standard InChI is InChI=1S/C26H43N7O/c1-9-13-23(18-27)30-24-17-25(29-19-28-21(24)5)31-22(11-3)14-15-26(6,7)34-20-32(8)33(12-4)16-10-2/h11,13-15,19,21H,9-10,12,16-17,20H2,1-8H3,(H,28,29,31)/b15-14-,22-11+,23-13-,30-24-. The van der Waals surface area contributed by atoms with E-state index in [4.69, 9.17) is 4.74 Å². The van der Waals surface area contributed by atoms with Crippen LogP contribution in [0.15, 0.2) is 50.7 Å². The summed E-state index contributed by atoms with van der Waals surface area (Å²) in [6.07, 6.45) is 11.8. The van der Waals surface area contributed by atoms with Crippen molar-refractivity contribution in [3.8, 4) is 6.07 Å². The van der Waals surface area contributed by atoms with Gasteiger partial charge in [-0.25, -0.2) is 20.0 Å². The third kappa shape index (κ3) is 10.6. The molecule has 1 unspecified atom stereocenters. The summed E-state index contributed by atoms with van der Waals surface area (Å²) in [6, 6.07) is 2.01. The highest BCUT2D eigenvalue weighted by Crippen LogP contribution is 2.14. The number of aliphatic imine (C=N–C) groups is 3. The van der Waals surface area contributed by atoms with Crippen molar-refractivity contribution in [3.63, 3.8) is 0 Å². The van der Waals surface area contributed by atoms with Gasteiger partial charge in [0.15, 0.2) is 0 Å².